The van der Waals surface area contributed by atoms with Crippen LogP contribution in [0.4, 0.5) is 0 Å². The molecule has 2 nitrogen and oxygen atoms in total. The second kappa shape index (κ2) is 4.86. The fourth-order valence-corrected chi connectivity index (χ4v) is 1.96. The Bertz CT molecular complexity index is 518. The number of hydrogen-bond donors (Lipinski definition) is 1. The highest BCUT2D eigenvalue weighted by atomic mass is 35.5. The molecule has 2 rings (SSSR count). The number of nitrogens with two attached hydrogens (primary N) is 1. The smallest absolute Gasteiger partial charge is 0.0705 e. The molecule has 2 aromatic rings. The molecule has 0 aliphatic rings. The Labute approximate surface area is 106 Å². The molecular formula is C14H15ClN2. The minimum absolute atomic E-state index is 0.0155. The van der Waals surface area contributed by atoms with Crippen LogP contribution in [0, 0.1) is 6.92 Å². The summed E-state index contributed by atoms with van der Waals surface area (Å²) >= 11 is 5.86. The lowest BCUT2D eigenvalue weighted by atomic mass is 10.1. The number of pyridine rings is 1. The van der Waals surface area contributed by atoms with E-state index in [1.807, 2.05) is 50.2 Å². The number of rotatable bonds is 2. The Balaban J connectivity index is 2.41. The molecule has 1 heterocycles. The fraction of sp³-hybridized carbons (Fsp3) is 0.214. The first-order valence-electron chi connectivity index (χ1n) is 5.57. The lowest BCUT2D eigenvalue weighted by Crippen LogP contribution is -2.08. The minimum Gasteiger partial charge on any atom is -0.324 e. The van der Waals surface area contributed by atoms with Gasteiger partial charge in [-0.15, -0.1) is 0 Å². The number of aromatic nitrogens is 1. The van der Waals surface area contributed by atoms with Gasteiger partial charge in [0, 0.05) is 22.3 Å². The van der Waals surface area contributed by atoms with Crippen molar-refractivity contribution in [2.75, 3.05) is 0 Å². The maximum atomic E-state index is 5.87. The van der Waals surface area contributed by atoms with E-state index in [-0.39, 0.29) is 6.04 Å². The minimum atomic E-state index is 0.0155. The Morgan fingerprint density at radius 3 is 2.29 bits per heavy atom. The average Bonchev–Trinajstić information content (AvgIpc) is 2.29. The Kier molecular flexibility index (Phi) is 3.46. The van der Waals surface area contributed by atoms with Crippen LogP contribution in [0.25, 0.3) is 11.3 Å². The zero-order valence-electron chi connectivity index (χ0n) is 9.94. The first-order chi connectivity index (χ1) is 8.08. The SMILES string of the molecule is Cc1nc(-c2ccc(Cl)cc2)ccc1[C@H](C)N. The standard InChI is InChI=1S/C14H15ClN2/c1-9(16)13-7-8-14(17-10(13)2)11-3-5-12(15)6-4-11/h3-9H,16H2,1-2H3/t9-/m0/s1. The molecule has 0 saturated carbocycles. The van der Waals surface area contributed by atoms with E-state index < -0.39 is 0 Å². The number of hydrogen-bond acceptors (Lipinski definition) is 2. The van der Waals surface area contributed by atoms with Gasteiger partial charge in [-0.1, -0.05) is 29.8 Å². The van der Waals surface area contributed by atoms with Crippen LogP contribution in [0.2, 0.25) is 5.02 Å². The van der Waals surface area contributed by atoms with Crippen molar-refractivity contribution in [3.63, 3.8) is 0 Å². The van der Waals surface area contributed by atoms with Gasteiger partial charge in [-0.3, -0.25) is 4.98 Å². The second-order valence-corrected chi connectivity index (χ2v) is 4.60. The molecule has 1 aromatic heterocycles. The molecule has 1 aromatic carbocycles. The maximum Gasteiger partial charge on any atom is 0.0705 e. The summed E-state index contributed by atoms with van der Waals surface area (Å²) in [5.74, 6) is 0. The summed E-state index contributed by atoms with van der Waals surface area (Å²) in [6.45, 7) is 3.95. The molecule has 0 spiro atoms. The van der Waals surface area contributed by atoms with E-state index in [0.29, 0.717) is 0 Å². The third-order valence-corrected chi connectivity index (χ3v) is 3.01. The number of halogens is 1. The van der Waals surface area contributed by atoms with Gasteiger partial charge in [0.2, 0.25) is 0 Å². The number of nitrogens with zero attached hydrogens (tertiary/aromatic N) is 1. The quantitative estimate of drug-likeness (QED) is 0.877. The van der Waals surface area contributed by atoms with E-state index in [9.17, 15) is 0 Å². The third kappa shape index (κ3) is 2.65. The summed E-state index contributed by atoms with van der Waals surface area (Å²) in [6, 6.07) is 11.7. The van der Waals surface area contributed by atoms with Crippen LogP contribution in [-0.4, -0.2) is 4.98 Å². The molecule has 0 aliphatic carbocycles. The zero-order valence-corrected chi connectivity index (χ0v) is 10.7. The van der Waals surface area contributed by atoms with E-state index in [2.05, 4.69) is 4.98 Å². The fourth-order valence-electron chi connectivity index (χ4n) is 1.83. The second-order valence-electron chi connectivity index (χ2n) is 4.17. The van der Waals surface area contributed by atoms with Gasteiger partial charge in [0.05, 0.1) is 5.69 Å². The predicted molar refractivity (Wildman–Crippen MR) is 72.0 cm³/mol. The van der Waals surface area contributed by atoms with E-state index in [0.717, 1.165) is 27.5 Å². The largest absolute Gasteiger partial charge is 0.324 e. The first-order valence-corrected chi connectivity index (χ1v) is 5.95. The van der Waals surface area contributed by atoms with Crippen molar-refractivity contribution >= 4 is 11.6 Å². The molecule has 1 atom stereocenters. The first kappa shape index (κ1) is 12.1. The van der Waals surface area contributed by atoms with Crippen LogP contribution in [0.3, 0.4) is 0 Å². The van der Waals surface area contributed by atoms with E-state index in [1.165, 1.54) is 0 Å². The topological polar surface area (TPSA) is 38.9 Å². The van der Waals surface area contributed by atoms with Crippen molar-refractivity contribution in [1.82, 2.24) is 4.98 Å². The maximum absolute atomic E-state index is 5.87. The Hall–Kier alpha value is -1.38. The van der Waals surface area contributed by atoms with Crippen LogP contribution in [0.15, 0.2) is 36.4 Å². The van der Waals surface area contributed by atoms with Gasteiger partial charge in [-0.25, -0.2) is 0 Å². The lowest BCUT2D eigenvalue weighted by Gasteiger charge is -2.10. The molecule has 17 heavy (non-hydrogen) atoms. The van der Waals surface area contributed by atoms with E-state index >= 15 is 0 Å². The van der Waals surface area contributed by atoms with Crippen molar-refractivity contribution in [2.24, 2.45) is 5.73 Å². The molecule has 0 saturated heterocycles. The van der Waals surface area contributed by atoms with Gasteiger partial charge in [0.25, 0.3) is 0 Å². The molecule has 0 amide bonds. The highest BCUT2D eigenvalue weighted by Gasteiger charge is 2.06. The van der Waals surface area contributed by atoms with Gasteiger partial charge in [-0.2, -0.15) is 0 Å². The van der Waals surface area contributed by atoms with Crippen LogP contribution in [0.5, 0.6) is 0 Å². The van der Waals surface area contributed by atoms with Crippen molar-refractivity contribution < 1.29 is 0 Å². The summed E-state index contributed by atoms with van der Waals surface area (Å²) in [5, 5.41) is 0.734. The highest BCUT2D eigenvalue weighted by molar-refractivity contribution is 6.30. The molecule has 0 bridgehead atoms. The molecule has 0 radical (unpaired) electrons. The highest BCUT2D eigenvalue weighted by Crippen LogP contribution is 2.22. The van der Waals surface area contributed by atoms with Crippen LogP contribution in [-0.2, 0) is 0 Å². The summed E-state index contributed by atoms with van der Waals surface area (Å²) in [5.41, 5.74) is 9.94. The average molecular weight is 247 g/mol. The summed E-state index contributed by atoms with van der Waals surface area (Å²) in [4.78, 5) is 4.57. The summed E-state index contributed by atoms with van der Waals surface area (Å²) in [6.07, 6.45) is 0. The molecule has 0 fully saturated rings. The third-order valence-electron chi connectivity index (χ3n) is 2.76. The van der Waals surface area contributed by atoms with Crippen molar-refractivity contribution in [3.05, 3.63) is 52.7 Å². The van der Waals surface area contributed by atoms with Crippen molar-refractivity contribution in [2.45, 2.75) is 19.9 Å². The van der Waals surface area contributed by atoms with Gasteiger partial charge in [-0.05, 0) is 37.6 Å². The van der Waals surface area contributed by atoms with Gasteiger partial charge < -0.3 is 5.73 Å². The Morgan fingerprint density at radius 2 is 1.76 bits per heavy atom. The zero-order chi connectivity index (χ0) is 12.4. The number of aryl methyl sites for hydroxylation is 1. The van der Waals surface area contributed by atoms with E-state index in [4.69, 9.17) is 17.3 Å². The molecule has 3 heteroatoms. The van der Waals surface area contributed by atoms with Crippen molar-refractivity contribution in [3.8, 4) is 11.3 Å². The van der Waals surface area contributed by atoms with Crippen LogP contribution in [0.1, 0.15) is 24.2 Å². The monoisotopic (exact) mass is 246 g/mol. The molecule has 88 valence electrons. The molecule has 2 N–H and O–H groups in total. The van der Waals surface area contributed by atoms with Gasteiger partial charge in [0.15, 0.2) is 0 Å². The van der Waals surface area contributed by atoms with Crippen molar-refractivity contribution in [1.29, 1.82) is 0 Å². The molecular weight excluding hydrogens is 232 g/mol. The van der Waals surface area contributed by atoms with Gasteiger partial charge >= 0.3 is 0 Å². The van der Waals surface area contributed by atoms with Crippen LogP contribution >= 0.6 is 11.6 Å². The molecule has 0 aliphatic heterocycles. The number of benzene rings is 1. The Morgan fingerprint density at radius 1 is 1.12 bits per heavy atom. The van der Waals surface area contributed by atoms with E-state index in [1.54, 1.807) is 0 Å². The summed E-state index contributed by atoms with van der Waals surface area (Å²) in [7, 11) is 0. The predicted octanol–water partition coefficient (Wildman–Crippen LogP) is 3.73. The normalized spacial score (nSPS) is 12.5. The van der Waals surface area contributed by atoms with Crippen LogP contribution < -0.4 is 5.73 Å². The lowest BCUT2D eigenvalue weighted by molar-refractivity contribution is 0.800. The molecule has 0 unspecified atom stereocenters. The summed E-state index contributed by atoms with van der Waals surface area (Å²) < 4.78 is 0. The van der Waals surface area contributed by atoms with Gasteiger partial charge in [0.1, 0.15) is 0 Å².